The molecule has 0 aromatic carbocycles. The van der Waals surface area contributed by atoms with Gasteiger partial charge in [-0.05, 0) is 25.8 Å². The Kier molecular flexibility index (Phi) is 5.07. The summed E-state index contributed by atoms with van der Waals surface area (Å²) in [7, 11) is 0. The van der Waals surface area contributed by atoms with Crippen molar-refractivity contribution < 1.29 is 9.53 Å². The Bertz CT molecular complexity index is 371. The Morgan fingerprint density at radius 1 is 1.47 bits per heavy atom. The van der Waals surface area contributed by atoms with E-state index in [0.717, 1.165) is 25.8 Å². The summed E-state index contributed by atoms with van der Waals surface area (Å²) in [5.74, 6) is -0.281. The van der Waals surface area contributed by atoms with Gasteiger partial charge in [-0.25, -0.2) is 4.79 Å². The number of hydrogen-bond acceptors (Lipinski definition) is 3. The smallest absolute Gasteiger partial charge is 0.355 e. The monoisotopic (exact) mass is 238 g/mol. The van der Waals surface area contributed by atoms with Crippen LogP contribution in [0.5, 0.6) is 0 Å². The number of nitrogens with two attached hydrogens (primary N) is 1. The van der Waals surface area contributed by atoms with Crippen molar-refractivity contribution in [1.29, 1.82) is 0 Å². The van der Waals surface area contributed by atoms with Gasteiger partial charge in [0.05, 0.1) is 11.8 Å². The van der Waals surface area contributed by atoms with Crippen LogP contribution in [-0.2, 0) is 11.3 Å². The molecule has 0 saturated heterocycles. The third-order valence-corrected chi connectivity index (χ3v) is 2.59. The molecule has 0 spiro atoms. The molecule has 0 aliphatic rings. The van der Waals surface area contributed by atoms with Gasteiger partial charge in [0.25, 0.3) is 0 Å². The fraction of sp³-hybridized carbons (Fsp3) is 0.615. The Morgan fingerprint density at radius 3 is 2.76 bits per heavy atom. The molecular weight excluding hydrogens is 216 g/mol. The first-order chi connectivity index (χ1) is 8.08. The van der Waals surface area contributed by atoms with Crippen molar-refractivity contribution in [1.82, 2.24) is 4.57 Å². The van der Waals surface area contributed by atoms with E-state index >= 15 is 0 Å². The Hall–Kier alpha value is -1.45. The number of aromatic nitrogens is 1. The maximum absolute atomic E-state index is 11.9. The van der Waals surface area contributed by atoms with Crippen LogP contribution in [0, 0.1) is 0 Å². The Balaban J connectivity index is 2.73. The van der Waals surface area contributed by atoms with Crippen LogP contribution in [0.15, 0.2) is 12.3 Å². The number of aryl methyl sites for hydroxylation is 1. The molecule has 0 amide bonds. The van der Waals surface area contributed by atoms with Crippen LogP contribution in [0.3, 0.4) is 0 Å². The lowest BCUT2D eigenvalue weighted by Crippen LogP contribution is -2.17. The van der Waals surface area contributed by atoms with Crippen molar-refractivity contribution in [2.24, 2.45) is 0 Å². The van der Waals surface area contributed by atoms with E-state index in [1.165, 1.54) is 0 Å². The second-order valence-corrected chi connectivity index (χ2v) is 4.36. The van der Waals surface area contributed by atoms with E-state index < -0.39 is 0 Å². The predicted molar refractivity (Wildman–Crippen MR) is 68.9 cm³/mol. The number of carbonyl (C=O) groups excluding carboxylic acids is 1. The summed E-state index contributed by atoms with van der Waals surface area (Å²) in [4.78, 5) is 11.9. The maximum atomic E-state index is 11.9. The van der Waals surface area contributed by atoms with Crippen LogP contribution in [-0.4, -0.2) is 16.6 Å². The number of rotatable bonds is 6. The van der Waals surface area contributed by atoms with E-state index in [-0.39, 0.29) is 12.1 Å². The van der Waals surface area contributed by atoms with Crippen LogP contribution in [0.2, 0.25) is 0 Å². The molecule has 2 N–H and O–H groups in total. The lowest BCUT2D eigenvalue weighted by Gasteiger charge is -2.13. The first-order valence-electron chi connectivity index (χ1n) is 6.25. The largest absolute Gasteiger partial charge is 0.458 e. The topological polar surface area (TPSA) is 57.2 Å². The van der Waals surface area contributed by atoms with E-state index in [2.05, 4.69) is 13.8 Å². The minimum absolute atomic E-state index is 0.0429. The SMILES string of the molecule is CCCC(C)OC(=O)c1cc(N)cn1CCC. The molecule has 96 valence electrons. The summed E-state index contributed by atoms with van der Waals surface area (Å²) < 4.78 is 7.22. The summed E-state index contributed by atoms with van der Waals surface area (Å²) in [6, 6.07) is 1.68. The minimum Gasteiger partial charge on any atom is -0.458 e. The van der Waals surface area contributed by atoms with Crippen molar-refractivity contribution in [2.75, 3.05) is 5.73 Å². The second kappa shape index (κ2) is 6.33. The highest BCUT2D eigenvalue weighted by molar-refractivity contribution is 5.89. The normalized spacial score (nSPS) is 12.4. The van der Waals surface area contributed by atoms with Gasteiger partial charge >= 0.3 is 5.97 Å². The van der Waals surface area contributed by atoms with E-state index in [0.29, 0.717) is 11.4 Å². The molecule has 17 heavy (non-hydrogen) atoms. The van der Waals surface area contributed by atoms with Gasteiger partial charge in [-0.1, -0.05) is 20.3 Å². The van der Waals surface area contributed by atoms with Gasteiger partial charge in [-0.2, -0.15) is 0 Å². The quantitative estimate of drug-likeness (QED) is 0.775. The van der Waals surface area contributed by atoms with E-state index in [9.17, 15) is 4.79 Å². The molecule has 0 radical (unpaired) electrons. The maximum Gasteiger partial charge on any atom is 0.355 e. The van der Waals surface area contributed by atoms with Gasteiger partial charge in [0.15, 0.2) is 0 Å². The van der Waals surface area contributed by atoms with Gasteiger partial charge in [0.1, 0.15) is 5.69 Å². The van der Waals surface area contributed by atoms with Crippen LogP contribution >= 0.6 is 0 Å². The average Bonchev–Trinajstić information content (AvgIpc) is 2.60. The van der Waals surface area contributed by atoms with Crippen LogP contribution < -0.4 is 5.73 Å². The second-order valence-electron chi connectivity index (χ2n) is 4.36. The Morgan fingerprint density at radius 2 is 2.18 bits per heavy atom. The minimum atomic E-state index is -0.281. The number of esters is 1. The number of nitrogen functional groups attached to an aromatic ring is 1. The number of hydrogen-bond donors (Lipinski definition) is 1. The van der Waals surface area contributed by atoms with Crippen molar-refractivity contribution >= 4 is 11.7 Å². The molecular formula is C13H22N2O2. The van der Waals surface area contributed by atoms with Crippen LogP contribution in [0.1, 0.15) is 50.5 Å². The molecule has 4 nitrogen and oxygen atoms in total. The molecule has 4 heteroatoms. The van der Waals surface area contributed by atoms with Gasteiger partial charge in [0, 0.05) is 12.7 Å². The molecule has 0 aliphatic heterocycles. The average molecular weight is 238 g/mol. The van der Waals surface area contributed by atoms with E-state index in [1.54, 1.807) is 12.3 Å². The molecule has 1 rings (SSSR count). The fourth-order valence-electron chi connectivity index (χ4n) is 1.84. The highest BCUT2D eigenvalue weighted by Crippen LogP contribution is 2.14. The molecule has 1 heterocycles. The molecule has 1 unspecified atom stereocenters. The van der Waals surface area contributed by atoms with Crippen LogP contribution in [0.4, 0.5) is 5.69 Å². The standard InChI is InChI=1S/C13H22N2O2/c1-4-6-10(3)17-13(16)12-8-11(14)9-15(12)7-5-2/h8-10H,4-7,14H2,1-3H3. The number of carbonyl (C=O) groups is 1. The third-order valence-electron chi connectivity index (χ3n) is 2.59. The summed E-state index contributed by atoms with van der Waals surface area (Å²) in [5, 5.41) is 0. The zero-order valence-electron chi connectivity index (χ0n) is 10.9. The lowest BCUT2D eigenvalue weighted by atomic mass is 10.2. The Labute approximate surface area is 103 Å². The van der Waals surface area contributed by atoms with E-state index in [4.69, 9.17) is 10.5 Å². The van der Waals surface area contributed by atoms with Crippen molar-refractivity contribution in [3.05, 3.63) is 18.0 Å². The first-order valence-corrected chi connectivity index (χ1v) is 6.25. The lowest BCUT2D eigenvalue weighted by molar-refractivity contribution is 0.0311. The molecule has 0 bridgehead atoms. The van der Waals surface area contributed by atoms with Crippen LogP contribution in [0.25, 0.3) is 0 Å². The van der Waals surface area contributed by atoms with Crippen molar-refractivity contribution in [3.63, 3.8) is 0 Å². The molecule has 1 aromatic heterocycles. The summed E-state index contributed by atoms with van der Waals surface area (Å²) in [6.45, 7) is 6.83. The highest BCUT2D eigenvalue weighted by Gasteiger charge is 2.16. The molecule has 0 fully saturated rings. The summed E-state index contributed by atoms with van der Waals surface area (Å²) in [5.41, 5.74) is 6.86. The molecule has 0 aliphatic carbocycles. The fourth-order valence-corrected chi connectivity index (χ4v) is 1.84. The van der Waals surface area contributed by atoms with Gasteiger partial charge < -0.3 is 15.0 Å². The number of anilines is 1. The summed E-state index contributed by atoms with van der Waals surface area (Å²) in [6.07, 6.45) is 4.59. The highest BCUT2D eigenvalue weighted by atomic mass is 16.5. The third kappa shape index (κ3) is 3.80. The van der Waals surface area contributed by atoms with E-state index in [1.807, 2.05) is 11.5 Å². The summed E-state index contributed by atoms with van der Waals surface area (Å²) >= 11 is 0. The molecule has 0 saturated carbocycles. The number of nitrogens with zero attached hydrogens (tertiary/aromatic N) is 1. The van der Waals surface area contributed by atoms with Gasteiger partial charge in [0.2, 0.25) is 0 Å². The van der Waals surface area contributed by atoms with Gasteiger partial charge in [-0.3, -0.25) is 0 Å². The molecule has 1 aromatic rings. The number of ether oxygens (including phenoxy) is 1. The molecule has 1 atom stereocenters. The van der Waals surface area contributed by atoms with Crippen molar-refractivity contribution in [3.8, 4) is 0 Å². The zero-order chi connectivity index (χ0) is 12.8. The predicted octanol–water partition coefficient (Wildman–Crippen LogP) is 2.83. The van der Waals surface area contributed by atoms with Gasteiger partial charge in [-0.15, -0.1) is 0 Å². The zero-order valence-corrected chi connectivity index (χ0v) is 10.9. The van der Waals surface area contributed by atoms with Crippen molar-refractivity contribution in [2.45, 2.75) is 52.7 Å². The first kappa shape index (κ1) is 13.6.